The number of hydrogen-bond acceptors (Lipinski definition) is 2. The number of halogens is 3. The van der Waals surface area contributed by atoms with E-state index < -0.39 is 11.7 Å². The van der Waals surface area contributed by atoms with Gasteiger partial charge >= 0.3 is 6.18 Å². The third-order valence-electron chi connectivity index (χ3n) is 2.95. The predicted octanol–water partition coefficient (Wildman–Crippen LogP) is 3.29. The normalized spacial score (nSPS) is 24.9. The van der Waals surface area contributed by atoms with Gasteiger partial charge in [-0.05, 0) is 25.5 Å². The third kappa shape index (κ3) is 2.72. The molecule has 1 fully saturated rings. The molecule has 1 aliphatic rings. The lowest BCUT2D eigenvalue weighted by Gasteiger charge is -2.20. The minimum atomic E-state index is -4.33. The van der Waals surface area contributed by atoms with E-state index in [0.29, 0.717) is 6.61 Å². The summed E-state index contributed by atoms with van der Waals surface area (Å²) in [6.07, 6.45) is -3.66. The standard InChI is InChI=1S/C12H14F3NO/c1-8-10(6-7-17-8)16-11-5-3-2-4-9(11)12(13,14)15/h2-5,8,10,16H,6-7H2,1H3. The number of hydrogen-bond donors (Lipinski definition) is 1. The average molecular weight is 245 g/mol. The first kappa shape index (κ1) is 12.2. The van der Waals surface area contributed by atoms with Gasteiger partial charge in [-0.15, -0.1) is 0 Å². The summed E-state index contributed by atoms with van der Waals surface area (Å²) in [6.45, 7) is 2.45. The Bertz CT molecular complexity index is 392. The van der Waals surface area contributed by atoms with Crippen molar-refractivity contribution in [2.45, 2.75) is 31.7 Å². The first-order chi connectivity index (χ1) is 7.98. The molecule has 2 unspecified atom stereocenters. The molecule has 0 amide bonds. The maximum absolute atomic E-state index is 12.7. The topological polar surface area (TPSA) is 21.3 Å². The van der Waals surface area contributed by atoms with E-state index in [1.807, 2.05) is 6.92 Å². The van der Waals surface area contributed by atoms with Gasteiger partial charge < -0.3 is 10.1 Å². The zero-order valence-electron chi connectivity index (χ0n) is 9.42. The van der Waals surface area contributed by atoms with Crippen LogP contribution in [0.2, 0.25) is 0 Å². The van der Waals surface area contributed by atoms with Crippen LogP contribution in [0, 0.1) is 0 Å². The number of rotatable bonds is 2. The van der Waals surface area contributed by atoms with E-state index >= 15 is 0 Å². The van der Waals surface area contributed by atoms with Crippen molar-refractivity contribution in [2.24, 2.45) is 0 Å². The fraction of sp³-hybridized carbons (Fsp3) is 0.500. The molecule has 0 aromatic heterocycles. The fourth-order valence-corrected chi connectivity index (χ4v) is 1.98. The number of alkyl halides is 3. The number of ether oxygens (including phenoxy) is 1. The summed E-state index contributed by atoms with van der Waals surface area (Å²) in [7, 11) is 0. The summed E-state index contributed by atoms with van der Waals surface area (Å²) < 4.78 is 43.6. The van der Waals surface area contributed by atoms with Crippen molar-refractivity contribution in [1.29, 1.82) is 0 Å². The van der Waals surface area contributed by atoms with Crippen LogP contribution in [-0.2, 0) is 10.9 Å². The molecule has 1 heterocycles. The van der Waals surface area contributed by atoms with Gasteiger partial charge in [0.2, 0.25) is 0 Å². The molecule has 2 atom stereocenters. The van der Waals surface area contributed by atoms with Crippen molar-refractivity contribution in [3.8, 4) is 0 Å². The molecule has 5 heteroatoms. The Morgan fingerprint density at radius 2 is 2.00 bits per heavy atom. The van der Waals surface area contributed by atoms with Crippen LogP contribution < -0.4 is 5.32 Å². The Kier molecular flexibility index (Phi) is 3.28. The number of nitrogens with one attached hydrogen (secondary N) is 1. The Hall–Kier alpha value is -1.23. The van der Waals surface area contributed by atoms with Crippen LogP contribution in [-0.4, -0.2) is 18.8 Å². The summed E-state index contributed by atoms with van der Waals surface area (Å²) in [6, 6.07) is 5.47. The summed E-state index contributed by atoms with van der Waals surface area (Å²) >= 11 is 0. The molecule has 17 heavy (non-hydrogen) atoms. The van der Waals surface area contributed by atoms with E-state index in [2.05, 4.69) is 5.32 Å². The molecule has 2 nitrogen and oxygen atoms in total. The van der Waals surface area contributed by atoms with Crippen LogP contribution in [0.3, 0.4) is 0 Å². The minimum absolute atomic E-state index is 0.0569. The first-order valence-corrected chi connectivity index (χ1v) is 5.53. The van der Waals surface area contributed by atoms with E-state index in [-0.39, 0.29) is 17.8 Å². The highest BCUT2D eigenvalue weighted by molar-refractivity contribution is 5.53. The van der Waals surface area contributed by atoms with E-state index in [9.17, 15) is 13.2 Å². The Morgan fingerprint density at radius 3 is 2.59 bits per heavy atom. The van der Waals surface area contributed by atoms with Gasteiger partial charge in [0.15, 0.2) is 0 Å². The summed E-state index contributed by atoms with van der Waals surface area (Å²) in [4.78, 5) is 0. The highest BCUT2D eigenvalue weighted by Gasteiger charge is 2.34. The Balaban J connectivity index is 2.21. The number of benzene rings is 1. The van der Waals surface area contributed by atoms with Crippen molar-refractivity contribution in [1.82, 2.24) is 0 Å². The van der Waals surface area contributed by atoms with Gasteiger partial charge in [0.25, 0.3) is 0 Å². The van der Waals surface area contributed by atoms with Gasteiger partial charge in [-0.3, -0.25) is 0 Å². The fourth-order valence-electron chi connectivity index (χ4n) is 1.98. The van der Waals surface area contributed by atoms with Crippen LogP contribution in [0.5, 0.6) is 0 Å². The van der Waals surface area contributed by atoms with Crippen molar-refractivity contribution in [2.75, 3.05) is 11.9 Å². The van der Waals surface area contributed by atoms with Gasteiger partial charge in [-0.25, -0.2) is 0 Å². The van der Waals surface area contributed by atoms with Crippen LogP contribution in [0.15, 0.2) is 24.3 Å². The molecule has 1 aromatic rings. The third-order valence-corrected chi connectivity index (χ3v) is 2.95. The summed E-state index contributed by atoms with van der Waals surface area (Å²) in [5, 5.41) is 2.92. The molecular weight excluding hydrogens is 231 g/mol. The SMILES string of the molecule is CC1OCCC1Nc1ccccc1C(F)(F)F. The van der Waals surface area contributed by atoms with E-state index in [1.54, 1.807) is 6.07 Å². The van der Waals surface area contributed by atoms with Crippen molar-refractivity contribution >= 4 is 5.69 Å². The molecule has 94 valence electrons. The molecule has 1 aliphatic heterocycles. The zero-order chi connectivity index (χ0) is 12.5. The second-order valence-electron chi connectivity index (χ2n) is 4.16. The van der Waals surface area contributed by atoms with Gasteiger partial charge in [-0.1, -0.05) is 12.1 Å². The molecule has 0 bridgehead atoms. The largest absolute Gasteiger partial charge is 0.418 e. The molecule has 2 rings (SSSR count). The Labute approximate surface area is 97.8 Å². The van der Waals surface area contributed by atoms with E-state index in [0.717, 1.165) is 12.5 Å². The molecule has 0 saturated carbocycles. The molecule has 0 aliphatic carbocycles. The van der Waals surface area contributed by atoms with Crippen LogP contribution in [0.25, 0.3) is 0 Å². The van der Waals surface area contributed by atoms with E-state index in [4.69, 9.17) is 4.74 Å². The van der Waals surface area contributed by atoms with Gasteiger partial charge in [0, 0.05) is 12.3 Å². The lowest BCUT2D eigenvalue weighted by molar-refractivity contribution is -0.137. The molecule has 0 spiro atoms. The lowest BCUT2D eigenvalue weighted by atomic mass is 10.1. The number of anilines is 1. The molecule has 1 saturated heterocycles. The van der Waals surface area contributed by atoms with Gasteiger partial charge in [0.05, 0.1) is 17.7 Å². The molecular formula is C12H14F3NO. The summed E-state index contributed by atoms with van der Waals surface area (Å²) in [5.41, 5.74) is -0.499. The molecule has 0 radical (unpaired) electrons. The highest BCUT2D eigenvalue weighted by atomic mass is 19.4. The average Bonchev–Trinajstić information content (AvgIpc) is 2.64. The minimum Gasteiger partial charge on any atom is -0.379 e. The van der Waals surface area contributed by atoms with Crippen molar-refractivity contribution in [3.63, 3.8) is 0 Å². The zero-order valence-corrected chi connectivity index (χ0v) is 9.42. The lowest BCUT2D eigenvalue weighted by Crippen LogP contribution is -2.27. The first-order valence-electron chi connectivity index (χ1n) is 5.53. The smallest absolute Gasteiger partial charge is 0.379 e. The maximum Gasteiger partial charge on any atom is 0.418 e. The van der Waals surface area contributed by atoms with Crippen LogP contribution in [0.1, 0.15) is 18.9 Å². The van der Waals surface area contributed by atoms with Crippen LogP contribution >= 0.6 is 0 Å². The molecule has 1 N–H and O–H groups in total. The predicted molar refractivity (Wildman–Crippen MR) is 58.9 cm³/mol. The quantitative estimate of drug-likeness (QED) is 0.863. The maximum atomic E-state index is 12.7. The molecule has 1 aromatic carbocycles. The van der Waals surface area contributed by atoms with Gasteiger partial charge in [-0.2, -0.15) is 13.2 Å². The van der Waals surface area contributed by atoms with Crippen molar-refractivity contribution < 1.29 is 17.9 Å². The second kappa shape index (κ2) is 4.56. The highest BCUT2D eigenvalue weighted by Crippen LogP contribution is 2.35. The van der Waals surface area contributed by atoms with Gasteiger partial charge in [0.1, 0.15) is 0 Å². The Morgan fingerprint density at radius 1 is 1.29 bits per heavy atom. The van der Waals surface area contributed by atoms with Crippen molar-refractivity contribution in [3.05, 3.63) is 29.8 Å². The monoisotopic (exact) mass is 245 g/mol. The van der Waals surface area contributed by atoms with Crippen LogP contribution in [0.4, 0.5) is 18.9 Å². The summed E-state index contributed by atoms with van der Waals surface area (Å²) in [5.74, 6) is 0. The van der Waals surface area contributed by atoms with E-state index in [1.165, 1.54) is 12.1 Å². The second-order valence-corrected chi connectivity index (χ2v) is 4.16. The number of para-hydroxylation sites is 1.